The van der Waals surface area contributed by atoms with E-state index in [0.29, 0.717) is 22.4 Å². The Hall–Kier alpha value is -0.440. The van der Waals surface area contributed by atoms with Crippen molar-refractivity contribution < 1.29 is 4.74 Å². The highest BCUT2D eigenvalue weighted by atomic mass is 35.5. The van der Waals surface area contributed by atoms with Gasteiger partial charge in [-0.3, -0.25) is 0 Å². The number of nitrogens with one attached hydrogen (secondary N) is 1. The Bertz CT molecular complexity index is 318. The Morgan fingerprint density at radius 1 is 1.19 bits per heavy atom. The fourth-order valence-electron chi connectivity index (χ4n) is 1.35. The van der Waals surface area contributed by atoms with Gasteiger partial charge in [-0.25, -0.2) is 0 Å². The van der Waals surface area contributed by atoms with Crippen LogP contribution in [0.15, 0.2) is 18.2 Å². The monoisotopic (exact) mass is 261 g/mol. The maximum atomic E-state index is 5.97. The molecule has 0 atom stereocenters. The zero-order valence-corrected chi connectivity index (χ0v) is 10.9. The van der Waals surface area contributed by atoms with Crippen molar-refractivity contribution in [2.75, 3.05) is 20.2 Å². The lowest BCUT2D eigenvalue weighted by molar-refractivity contribution is 0.305. The molecular weight excluding hydrogens is 245 g/mol. The topological polar surface area (TPSA) is 21.3 Å². The van der Waals surface area contributed by atoms with E-state index in [1.165, 1.54) is 6.42 Å². The van der Waals surface area contributed by atoms with E-state index in [1.54, 1.807) is 18.2 Å². The molecule has 90 valence electrons. The van der Waals surface area contributed by atoms with Crippen LogP contribution in [-0.2, 0) is 0 Å². The fraction of sp³-hybridized carbons (Fsp3) is 0.500. The second-order valence-electron chi connectivity index (χ2n) is 3.59. The minimum absolute atomic E-state index is 0.611. The maximum absolute atomic E-state index is 5.97. The first-order valence-electron chi connectivity index (χ1n) is 5.46. The summed E-state index contributed by atoms with van der Waals surface area (Å²) in [5.74, 6) is 0.669. The van der Waals surface area contributed by atoms with Crippen molar-refractivity contribution in [2.24, 2.45) is 0 Å². The van der Waals surface area contributed by atoms with Gasteiger partial charge in [0.25, 0.3) is 0 Å². The van der Waals surface area contributed by atoms with Crippen molar-refractivity contribution in [1.29, 1.82) is 0 Å². The van der Waals surface area contributed by atoms with Gasteiger partial charge in [0.2, 0.25) is 0 Å². The Labute approximate surface area is 107 Å². The van der Waals surface area contributed by atoms with Gasteiger partial charge in [0.15, 0.2) is 0 Å². The molecule has 2 nitrogen and oxygen atoms in total. The van der Waals surface area contributed by atoms with Crippen LogP contribution in [-0.4, -0.2) is 20.2 Å². The van der Waals surface area contributed by atoms with E-state index < -0.39 is 0 Å². The van der Waals surface area contributed by atoms with Crippen molar-refractivity contribution in [3.05, 3.63) is 28.2 Å². The molecule has 0 fully saturated rings. The molecule has 0 saturated heterocycles. The Morgan fingerprint density at radius 3 is 2.75 bits per heavy atom. The third kappa shape index (κ3) is 5.06. The van der Waals surface area contributed by atoms with Crippen LogP contribution in [0.1, 0.15) is 19.3 Å². The molecular formula is C12H17Cl2NO. The molecule has 0 bridgehead atoms. The third-order valence-corrected chi connectivity index (χ3v) is 2.77. The average molecular weight is 262 g/mol. The summed E-state index contributed by atoms with van der Waals surface area (Å²) in [6.45, 7) is 1.74. The number of ether oxygens (including phenoxy) is 1. The van der Waals surface area contributed by atoms with E-state index in [4.69, 9.17) is 27.9 Å². The minimum Gasteiger partial charge on any atom is -0.492 e. The van der Waals surface area contributed by atoms with Crippen LogP contribution >= 0.6 is 23.2 Å². The Balaban J connectivity index is 2.23. The SMILES string of the molecule is CNCCCCCOc1cc(Cl)ccc1Cl. The Morgan fingerprint density at radius 2 is 2.00 bits per heavy atom. The lowest BCUT2D eigenvalue weighted by Gasteiger charge is -2.08. The van der Waals surface area contributed by atoms with Crippen LogP contribution < -0.4 is 10.1 Å². The molecule has 0 saturated carbocycles. The standard InChI is InChI=1S/C12H17Cl2NO/c1-15-7-3-2-4-8-16-12-9-10(13)5-6-11(12)14/h5-6,9,15H,2-4,7-8H2,1H3. The number of hydrogen-bond acceptors (Lipinski definition) is 2. The number of hydrogen-bond donors (Lipinski definition) is 1. The zero-order chi connectivity index (χ0) is 11.8. The second-order valence-corrected chi connectivity index (χ2v) is 4.43. The molecule has 0 aliphatic rings. The summed E-state index contributed by atoms with van der Waals surface area (Å²) in [5.41, 5.74) is 0. The highest BCUT2D eigenvalue weighted by molar-refractivity contribution is 6.34. The summed E-state index contributed by atoms with van der Waals surface area (Å²) in [6.07, 6.45) is 3.35. The number of benzene rings is 1. The van der Waals surface area contributed by atoms with E-state index in [2.05, 4.69) is 5.32 Å². The molecule has 1 aromatic rings. The Kier molecular flexibility index (Phi) is 6.62. The summed E-state index contributed by atoms with van der Waals surface area (Å²) in [6, 6.07) is 5.25. The molecule has 0 aliphatic heterocycles. The van der Waals surface area contributed by atoms with E-state index in [0.717, 1.165) is 19.4 Å². The summed E-state index contributed by atoms with van der Waals surface area (Å²) in [4.78, 5) is 0. The highest BCUT2D eigenvalue weighted by Gasteiger charge is 2.01. The molecule has 16 heavy (non-hydrogen) atoms. The van der Waals surface area contributed by atoms with Gasteiger partial charge in [-0.1, -0.05) is 23.2 Å². The van der Waals surface area contributed by atoms with Crippen molar-refractivity contribution >= 4 is 23.2 Å². The lowest BCUT2D eigenvalue weighted by atomic mass is 10.2. The number of rotatable bonds is 7. The quantitative estimate of drug-likeness (QED) is 0.755. The van der Waals surface area contributed by atoms with E-state index in [-0.39, 0.29) is 0 Å². The first kappa shape index (κ1) is 13.6. The zero-order valence-electron chi connectivity index (χ0n) is 9.43. The molecule has 0 aliphatic carbocycles. The second kappa shape index (κ2) is 7.77. The number of unbranched alkanes of at least 4 members (excludes halogenated alkanes) is 2. The molecule has 1 N–H and O–H groups in total. The summed E-state index contributed by atoms with van der Waals surface area (Å²) >= 11 is 11.8. The van der Waals surface area contributed by atoms with Crippen molar-refractivity contribution in [1.82, 2.24) is 5.32 Å². The molecule has 0 heterocycles. The van der Waals surface area contributed by atoms with Gasteiger partial charge in [-0.05, 0) is 45.0 Å². The van der Waals surface area contributed by atoms with Crippen LogP contribution in [0.2, 0.25) is 10.0 Å². The van der Waals surface area contributed by atoms with Crippen LogP contribution in [0.3, 0.4) is 0 Å². The maximum Gasteiger partial charge on any atom is 0.139 e. The largest absolute Gasteiger partial charge is 0.492 e. The van der Waals surface area contributed by atoms with Crippen molar-refractivity contribution in [3.8, 4) is 5.75 Å². The van der Waals surface area contributed by atoms with Gasteiger partial charge in [0.1, 0.15) is 5.75 Å². The molecule has 0 radical (unpaired) electrons. The van der Waals surface area contributed by atoms with Crippen LogP contribution in [0.5, 0.6) is 5.75 Å². The molecule has 0 spiro atoms. The van der Waals surface area contributed by atoms with Crippen LogP contribution in [0.4, 0.5) is 0 Å². The molecule has 4 heteroatoms. The highest BCUT2D eigenvalue weighted by Crippen LogP contribution is 2.27. The third-order valence-electron chi connectivity index (χ3n) is 2.22. The number of halogens is 2. The molecule has 0 amide bonds. The lowest BCUT2D eigenvalue weighted by Crippen LogP contribution is -2.07. The van der Waals surface area contributed by atoms with Crippen molar-refractivity contribution in [2.45, 2.75) is 19.3 Å². The van der Waals surface area contributed by atoms with Gasteiger partial charge in [0, 0.05) is 11.1 Å². The summed E-state index contributed by atoms with van der Waals surface area (Å²) < 4.78 is 5.56. The van der Waals surface area contributed by atoms with Gasteiger partial charge in [-0.2, -0.15) is 0 Å². The van der Waals surface area contributed by atoms with Gasteiger partial charge in [0.05, 0.1) is 11.6 Å². The molecule has 1 aromatic carbocycles. The van der Waals surface area contributed by atoms with Crippen LogP contribution in [0, 0.1) is 0 Å². The smallest absolute Gasteiger partial charge is 0.139 e. The fourth-order valence-corrected chi connectivity index (χ4v) is 1.68. The van der Waals surface area contributed by atoms with Gasteiger partial charge in [-0.15, -0.1) is 0 Å². The van der Waals surface area contributed by atoms with Crippen LogP contribution in [0.25, 0.3) is 0 Å². The molecule has 0 unspecified atom stereocenters. The predicted octanol–water partition coefficient (Wildman–Crippen LogP) is 3.76. The predicted molar refractivity (Wildman–Crippen MR) is 69.7 cm³/mol. The minimum atomic E-state index is 0.611. The van der Waals surface area contributed by atoms with E-state index >= 15 is 0 Å². The van der Waals surface area contributed by atoms with Gasteiger partial charge >= 0.3 is 0 Å². The molecule has 1 rings (SSSR count). The van der Waals surface area contributed by atoms with Crippen molar-refractivity contribution in [3.63, 3.8) is 0 Å². The normalized spacial score (nSPS) is 10.4. The summed E-state index contributed by atoms with van der Waals surface area (Å²) in [7, 11) is 1.96. The molecule has 0 aromatic heterocycles. The van der Waals surface area contributed by atoms with E-state index in [9.17, 15) is 0 Å². The summed E-state index contributed by atoms with van der Waals surface area (Å²) in [5, 5.41) is 4.37. The first-order chi connectivity index (χ1) is 7.74. The average Bonchev–Trinajstić information content (AvgIpc) is 2.28. The van der Waals surface area contributed by atoms with E-state index in [1.807, 2.05) is 7.05 Å². The van der Waals surface area contributed by atoms with Gasteiger partial charge < -0.3 is 10.1 Å². The first-order valence-corrected chi connectivity index (χ1v) is 6.22.